The second-order valence-corrected chi connectivity index (χ2v) is 9.25. The molecule has 1 aliphatic heterocycles. The summed E-state index contributed by atoms with van der Waals surface area (Å²) in [6.45, 7) is 0. The van der Waals surface area contributed by atoms with Gasteiger partial charge in [-0.3, -0.25) is 0 Å². The lowest BCUT2D eigenvalue weighted by molar-refractivity contribution is 0.535. The van der Waals surface area contributed by atoms with E-state index < -0.39 is 20.5 Å². The zero-order valence-electron chi connectivity index (χ0n) is 8.53. The van der Waals surface area contributed by atoms with Crippen molar-refractivity contribution in [2.45, 2.75) is 29.9 Å². The number of rotatable bonds is 2. The van der Waals surface area contributed by atoms with Crippen molar-refractivity contribution < 1.29 is 8.42 Å². The quantitative estimate of drug-likeness (QED) is 0.766. The summed E-state index contributed by atoms with van der Waals surface area (Å²) < 4.78 is 24.8. The predicted molar refractivity (Wildman–Crippen MR) is 72.0 cm³/mol. The van der Waals surface area contributed by atoms with Crippen molar-refractivity contribution in [2.24, 2.45) is 0 Å². The van der Waals surface area contributed by atoms with Crippen LogP contribution >= 0.6 is 38.9 Å². The average Bonchev–Trinajstić information content (AvgIpc) is 2.63. The number of halogens is 2. The molecule has 2 heterocycles. The molecule has 2 nitrogen and oxygen atoms in total. The molecule has 0 saturated carbocycles. The average molecular weight is 344 g/mol. The topological polar surface area (TPSA) is 34.1 Å². The van der Waals surface area contributed by atoms with Gasteiger partial charge in [0, 0.05) is 4.88 Å². The molecule has 0 spiro atoms. The van der Waals surface area contributed by atoms with Gasteiger partial charge >= 0.3 is 0 Å². The second kappa shape index (κ2) is 4.96. The highest BCUT2D eigenvalue weighted by molar-refractivity contribution is 9.11. The van der Waals surface area contributed by atoms with E-state index in [9.17, 15) is 8.42 Å². The highest BCUT2D eigenvalue weighted by Crippen LogP contribution is 2.39. The number of hydrogen-bond acceptors (Lipinski definition) is 3. The maximum Gasteiger partial charge on any atom is 0.154 e. The summed E-state index contributed by atoms with van der Waals surface area (Å²) in [6.07, 6.45) is 2.42. The Bertz CT molecular complexity index is 469. The molecule has 16 heavy (non-hydrogen) atoms. The molecule has 6 heteroatoms. The van der Waals surface area contributed by atoms with Gasteiger partial charge in [-0.2, -0.15) is 0 Å². The van der Waals surface area contributed by atoms with E-state index in [1.807, 2.05) is 12.1 Å². The van der Waals surface area contributed by atoms with Crippen molar-refractivity contribution in [1.82, 2.24) is 0 Å². The van der Waals surface area contributed by atoms with E-state index in [2.05, 4.69) is 15.9 Å². The fourth-order valence-electron chi connectivity index (χ4n) is 1.97. The first-order chi connectivity index (χ1) is 7.50. The largest absolute Gasteiger partial charge is 0.228 e. The van der Waals surface area contributed by atoms with Crippen molar-refractivity contribution in [2.75, 3.05) is 5.75 Å². The monoisotopic (exact) mass is 342 g/mol. The predicted octanol–water partition coefficient (Wildman–Crippen LogP) is 3.76. The summed E-state index contributed by atoms with van der Waals surface area (Å²) in [5.74, 6) is 0.285. The molecule has 0 bridgehead atoms. The third-order valence-electron chi connectivity index (χ3n) is 2.82. The zero-order valence-corrected chi connectivity index (χ0v) is 12.5. The molecule has 0 aromatic carbocycles. The lowest BCUT2D eigenvalue weighted by Gasteiger charge is -2.25. The molecule has 0 aliphatic carbocycles. The van der Waals surface area contributed by atoms with E-state index in [0.29, 0.717) is 6.42 Å². The van der Waals surface area contributed by atoms with Crippen LogP contribution in [0.15, 0.2) is 15.9 Å². The van der Waals surface area contributed by atoms with Crippen molar-refractivity contribution in [3.63, 3.8) is 0 Å². The summed E-state index contributed by atoms with van der Waals surface area (Å²) in [6, 6.07) is 3.81. The summed E-state index contributed by atoms with van der Waals surface area (Å²) in [5, 5.41) is -0.810. The Labute approximate surface area is 113 Å². The molecule has 1 saturated heterocycles. The molecule has 0 radical (unpaired) electrons. The summed E-state index contributed by atoms with van der Waals surface area (Å²) in [4.78, 5) is 0.934. The van der Waals surface area contributed by atoms with Crippen LogP contribution in [0.3, 0.4) is 0 Å². The van der Waals surface area contributed by atoms with Crippen LogP contribution in [0.1, 0.15) is 29.5 Å². The van der Waals surface area contributed by atoms with Gasteiger partial charge in [0.05, 0.1) is 20.2 Å². The van der Waals surface area contributed by atoms with Crippen molar-refractivity contribution in [3.05, 3.63) is 20.8 Å². The van der Waals surface area contributed by atoms with Gasteiger partial charge in [-0.05, 0) is 40.9 Å². The summed E-state index contributed by atoms with van der Waals surface area (Å²) in [7, 11) is -3.00. The van der Waals surface area contributed by atoms with Crippen molar-refractivity contribution >= 4 is 48.7 Å². The van der Waals surface area contributed by atoms with E-state index in [-0.39, 0.29) is 5.75 Å². The third kappa shape index (κ3) is 2.63. The van der Waals surface area contributed by atoms with Gasteiger partial charge in [-0.25, -0.2) is 8.42 Å². The Morgan fingerprint density at radius 1 is 1.44 bits per heavy atom. The van der Waals surface area contributed by atoms with Crippen LogP contribution in [0.2, 0.25) is 0 Å². The molecule has 1 aromatic heterocycles. The standard InChI is InChI=1S/C10H12BrClO2S2/c11-9-5-4-7(15-9)10(12)8-3-1-2-6-16(8,13)14/h4-5,8,10H,1-3,6H2. The minimum absolute atomic E-state index is 0.285. The Balaban J connectivity index is 2.24. The first-order valence-corrected chi connectivity index (χ1v) is 8.88. The van der Waals surface area contributed by atoms with Gasteiger partial charge in [-0.15, -0.1) is 22.9 Å². The number of sulfone groups is 1. The van der Waals surface area contributed by atoms with Crippen LogP contribution in [-0.4, -0.2) is 19.4 Å². The van der Waals surface area contributed by atoms with E-state index in [1.165, 1.54) is 11.3 Å². The Hall–Kier alpha value is 0.420. The molecule has 1 aromatic rings. The van der Waals surface area contributed by atoms with Crippen LogP contribution in [0.4, 0.5) is 0 Å². The van der Waals surface area contributed by atoms with E-state index >= 15 is 0 Å². The summed E-state index contributed by atoms with van der Waals surface area (Å²) >= 11 is 11.2. The molecule has 2 unspecified atom stereocenters. The highest BCUT2D eigenvalue weighted by atomic mass is 79.9. The first-order valence-electron chi connectivity index (χ1n) is 5.11. The van der Waals surface area contributed by atoms with E-state index in [0.717, 1.165) is 21.5 Å². The molecular weight excluding hydrogens is 332 g/mol. The second-order valence-electron chi connectivity index (χ2n) is 3.94. The van der Waals surface area contributed by atoms with Gasteiger partial charge in [0.1, 0.15) is 0 Å². The number of thiophene rings is 1. The molecule has 0 N–H and O–H groups in total. The maximum atomic E-state index is 11.9. The van der Waals surface area contributed by atoms with Crippen LogP contribution in [0.25, 0.3) is 0 Å². The van der Waals surface area contributed by atoms with E-state index in [4.69, 9.17) is 11.6 Å². The van der Waals surface area contributed by atoms with Crippen LogP contribution < -0.4 is 0 Å². The van der Waals surface area contributed by atoms with Gasteiger partial charge in [-0.1, -0.05) is 6.42 Å². The zero-order chi connectivity index (χ0) is 11.8. The molecule has 2 rings (SSSR count). The van der Waals surface area contributed by atoms with Gasteiger partial charge in [0.2, 0.25) is 0 Å². The van der Waals surface area contributed by atoms with Crippen LogP contribution in [-0.2, 0) is 9.84 Å². The van der Waals surface area contributed by atoms with Crippen molar-refractivity contribution in [1.29, 1.82) is 0 Å². The maximum absolute atomic E-state index is 11.9. The normalized spacial score (nSPS) is 26.5. The smallest absolute Gasteiger partial charge is 0.154 e. The molecule has 1 aliphatic rings. The van der Waals surface area contributed by atoms with Crippen LogP contribution in [0, 0.1) is 0 Å². The Morgan fingerprint density at radius 2 is 2.19 bits per heavy atom. The van der Waals surface area contributed by atoms with Crippen LogP contribution in [0.5, 0.6) is 0 Å². The van der Waals surface area contributed by atoms with Gasteiger partial charge in [0.15, 0.2) is 9.84 Å². The molecular formula is C10H12BrClO2S2. The third-order valence-corrected chi connectivity index (χ3v) is 7.63. The molecule has 90 valence electrons. The van der Waals surface area contributed by atoms with Gasteiger partial charge < -0.3 is 0 Å². The minimum Gasteiger partial charge on any atom is -0.228 e. The Morgan fingerprint density at radius 3 is 2.75 bits per heavy atom. The first kappa shape index (κ1) is 12.9. The summed E-state index contributed by atoms with van der Waals surface area (Å²) in [5.41, 5.74) is 0. The minimum atomic E-state index is -3.00. The van der Waals surface area contributed by atoms with Gasteiger partial charge in [0.25, 0.3) is 0 Å². The highest BCUT2D eigenvalue weighted by Gasteiger charge is 2.35. The number of hydrogen-bond donors (Lipinski definition) is 0. The van der Waals surface area contributed by atoms with E-state index in [1.54, 1.807) is 0 Å². The van der Waals surface area contributed by atoms with Crippen molar-refractivity contribution in [3.8, 4) is 0 Å². The lowest BCUT2D eigenvalue weighted by atomic mass is 10.1. The SMILES string of the molecule is O=S1(=O)CCCCC1C(Cl)c1ccc(Br)s1. The molecule has 1 fully saturated rings. The fourth-order valence-corrected chi connectivity index (χ4v) is 6.27. The molecule has 2 atom stereocenters. The fraction of sp³-hybridized carbons (Fsp3) is 0.600. The number of alkyl halides is 1. The molecule has 0 amide bonds. The Kier molecular flexibility index (Phi) is 3.99. The lowest BCUT2D eigenvalue weighted by Crippen LogP contribution is -2.31.